The number of carboxylic acids is 1. The van der Waals surface area contributed by atoms with E-state index in [4.69, 9.17) is 5.11 Å². The molecule has 3 N–H and O–H groups in total. The topological polar surface area (TPSA) is 98.7 Å². The Balaban J connectivity index is 2.59. The highest BCUT2D eigenvalue weighted by Gasteiger charge is 2.26. The van der Waals surface area contributed by atoms with Crippen molar-refractivity contribution in [2.24, 2.45) is 5.92 Å². The average Bonchev–Trinajstić information content (AvgIpc) is 2.30. The van der Waals surface area contributed by atoms with Crippen molar-refractivity contribution in [3.63, 3.8) is 0 Å². The lowest BCUT2D eigenvalue weighted by atomic mass is 10.1. The van der Waals surface area contributed by atoms with Gasteiger partial charge in [0.05, 0.1) is 0 Å². The summed E-state index contributed by atoms with van der Waals surface area (Å²) in [6.45, 7) is 4.39. The Bertz CT molecular complexity index is 357. The van der Waals surface area contributed by atoms with Crippen molar-refractivity contribution in [3.8, 4) is 0 Å². The first-order chi connectivity index (χ1) is 8.90. The van der Waals surface area contributed by atoms with Crippen LogP contribution < -0.4 is 10.6 Å². The molecule has 3 amide bonds. The van der Waals surface area contributed by atoms with E-state index in [0.29, 0.717) is 19.5 Å². The number of rotatable bonds is 5. The number of carboxylic acid groups (broad SMARTS) is 1. The molecule has 1 rings (SSSR count). The normalized spacial score (nSPS) is 18.9. The molecule has 0 spiro atoms. The van der Waals surface area contributed by atoms with Gasteiger partial charge in [0, 0.05) is 13.1 Å². The third-order valence-electron chi connectivity index (χ3n) is 2.78. The van der Waals surface area contributed by atoms with Crippen LogP contribution in [0.4, 0.5) is 4.79 Å². The summed E-state index contributed by atoms with van der Waals surface area (Å²) in [5.41, 5.74) is 0. The van der Waals surface area contributed by atoms with Crippen LogP contribution in [0.25, 0.3) is 0 Å². The van der Waals surface area contributed by atoms with Gasteiger partial charge in [-0.15, -0.1) is 0 Å². The molecule has 7 nitrogen and oxygen atoms in total. The number of hydrogen-bond donors (Lipinski definition) is 3. The predicted octanol–water partition coefficient (Wildman–Crippen LogP) is 0.0172. The smallest absolute Gasteiger partial charge is 0.323 e. The number of hydrogen-bond acceptors (Lipinski definition) is 3. The van der Waals surface area contributed by atoms with Crippen LogP contribution in [0.5, 0.6) is 0 Å². The van der Waals surface area contributed by atoms with Crippen LogP contribution in [0.1, 0.15) is 26.7 Å². The van der Waals surface area contributed by atoms with Crippen molar-refractivity contribution in [3.05, 3.63) is 0 Å². The Hall–Kier alpha value is -1.79. The first-order valence-corrected chi connectivity index (χ1v) is 6.45. The summed E-state index contributed by atoms with van der Waals surface area (Å²) >= 11 is 0. The zero-order chi connectivity index (χ0) is 14.4. The quantitative estimate of drug-likeness (QED) is 0.656. The van der Waals surface area contributed by atoms with Gasteiger partial charge in [-0.1, -0.05) is 13.8 Å². The van der Waals surface area contributed by atoms with Gasteiger partial charge in [-0.3, -0.25) is 9.59 Å². The largest absolute Gasteiger partial charge is 0.480 e. The van der Waals surface area contributed by atoms with Gasteiger partial charge >= 0.3 is 12.0 Å². The third-order valence-corrected chi connectivity index (χ3v) is 2.78. The van der Waals surface area contributed by atoms with E-state index in [1.807, 2.05) is 13.8 Å². The van der Waals surface area contributed by atoms with E-state index in [1.165, 1.54) is 4.90 Å². The number of aliphatic carboxylic acids is 1. The van der Waals surface area contributed by atoms with Gasteiger partial charge in [0.15, 0.2) is 0 Å². The Morgan fingerprint density at radius 2 is 2.21 bits per heavy atom. The molecule has 1 aliphatic rings. The number of nitrogens with one attached hydrogen (secondary N) is 2. The highest BCUT2D eigenvalue weighted by molar-refractivity contribution is 5.88. The van der Waals surface area contributed by atoms with Gasteiger partial charge in [-0.25, -0.2) is 4.79 Å². The number of piperidine rings is 1. The fourth-order valence-corrected chi connectivity index (χ4v) is 1.97. The van der Waals surface area contributed by atoms with Crippen molar-refractivity contribution in [1.82, 2.24) is 15.5 Å². The molecule has 1 saturated heterocycles. The highest BCUT2D eigenvalue weighted by Crippen LogP contribution is 2.05. The molecule has 1 atom stereocenters. The lowest BCUT2D eigenvalue weighted by Gasteiger charge is -2.28. The molecule has 0 radical (unpaired) electrons. The standard InChI is InChI=1S/C12H21N3O4/c1-8(2)6-15(7-10(16)17)12(19)14-9-4-3-5-13-11(9)18/h8-9H,3-7H2,1-2H3,(H,13,18)(H,14,19)(H,16,17). The molecule has 0 aromatic carbocycles. The molecule has 1 heterocycles. The Labute approximate surface area is 112 Å². The van der Waals surface area contributed by atoms with Crippen molar-refractivity contribution in [2.75, 3.05) is 19.6 Å². The van der Waals surface area contributed by atoms with Crippen LogP contribution in [0.3, 0.4) is 0 Å². The van der Waals surface area contributed by atoms with Crippen molar-refractivity contribution < 1.29 is 19.5 Å². The second kappa shape index (κ2) is 6.96. The van der Waals surface area contributed by atoms with Crippen LogP contribution in [0, 0.1) is 5.92 Å². The van der Waals surface area contributed by atoms with Crippen LogP contribution in [0.2, 0.25) is 0 Å². The van der Waals surface area contributed by atoms with Gasteiger partial charge in [-0.05, 0) is 18.8 Å². The molecule has 1 aliphatic heterocycles. The molecule has 19 heavy (non-hydrogen) atoms. The molecular weight excluding hydrogens is 250 g/mol. The van der Waals surface area contributed by atoms with Crippen LogP contribution in [-0.4, -0.2) is 53.6 Å². The number of nitrogens with zero attached hydrogens (tertiary/aromatic N) is 1. The van der Waals surface area contributed by atoms with E-state index < -0.39 is 18.0 Å². The minimum atomic E-state index is -1.07. The Morgan fingerprint density at radius 1 is 1.53 bits per heavy atom. The minimum absolute atomic E-state index is 0.158. The summed E-state index contributed by atoms with van der Waals surface area (Å²) in [7, 11) is 0. The maximum atomic E-state index is 12.0. The van der Waals surface area contributed by atoms with Crippen LogP contribution in [0.15, 0.2) is 0 Å². The van der Waals surface area contributed by atoms with Crippen molar-refractivity contribution >= 4 is 17.9 Å². The molecule has 0 aromatic heterocycles. The molecule has 7 heteroatoms. The van der Waals surface area contributed by atoms with Gasteiger partial charge in [-0.2, -0.15) is 0 Å². The second-order valence-electron chi connectivity index (χ2n) is 5.10. The van der Waals surface area contributed by atoms with E-state index in [0.717, 1.165) is 6.42 Å². The minimum Gasteiger partial charge on any atom is -0.480 e. The summed E-state index contributed by atoms with van der Waals surface area (Å²) in [5.74, 6) is -1.12. The first-order valence-electron chi connectivity index (χ1n) is 6.45. The van der Waals surface area contributed by atoms with E-state index >= 15 is 0 Å². The lowest BCUT2D eigenvalue weighted by Crippen LogP contribution is -2.54. The fourth-order valence-electron chi connectivity index (χ4n) is 1.97. The average molecular weight is 271 g/mol. The van der Waals surface area contributed by atoms with E-state index in [1.54, 1.807) is 0 Å². The molecule has 108 valence electrons. The van der Waals surface area contributed by atoms with Gasteiger partial charge in [0.1, 0.15) is 12.6 Å². The van der Waals surface area contributed by atoms with E-state index in [-0.39, 0.29) is 18.4 Å². The molecule has 0 bridgehead atoms. The van der Waals surface area contributed by atoms with Crippen molar-refractivity contribution in [1.29, 1.82) is 0 Å². The molecule has 1 unspecified atom stereocenters. The number of amides is 3. The zero-order valence-electron chi connectivity index (χ0n) is 11.3. The van der Waals surface area contributed by atoms with E-state index in [9.17, 15) is 14.4 Å². The van der Waals surface area contributed by atoms with Gasteiger partial charge in [0.2, 0.25) is 5.91 Å². The first kappa shape index (κ1) is 15.3. The molecule has 1 fully saturated rings. The maximum absolute atomic E-state index is 12.0. The molecular formula is C12H21N3O4. The summed E-state index contributed by atoms with van der Waals surface area (Å²) in [6.07, 6.45) is 1.39. The summed E-state index contributed by atoms with van der Waals surface area (Å²) in [5, 5.41) is 14.1. The summed E-state index contributed by atoms with van der Waals surface area (Å²) in [6, 6.07) is -1.07. The fraction of sp³-hybridized carbons (Fsp3) is 0.750. The maximum Gasteiger partial charge on any atom is 0.323 e. The lowest BCUT2D eigenvalue weighted by molar-refractivity contribution is -0.137. The van der Waals surface area contributed by atoms with Gasteiger partial charge in [0.25, 0.3) is 0 Å². The highest BCUT2D eigenvalue weighted by atomic mass is 16.4. The number of carbonyl (C=O) groups excluding carboxylic acids is 2. The van der Waals surface area contributed by atoms with E-state index in [2.05, 4.69) is 10.6 Å². The number of carbonyl (C=O) groups is 3. The summed E-state index contributed by atoms with van der Waals surface area (Å²) in [4.78, 5) is 35.5. The van der Waals surface area contributed by atoms with Crippen LogP contribution >= 0.6 is 0 Å². The second-order valence-corrected chi connectivity index (χ2v) is 5.10. The molecule has 0 aliphatic carbocycles. The van der Waals surface area contributed by atoms with Gasteiger partial charge < -0.3 is 20.6 Å². The summed E-state index contributed by atoms with van der Waals surface area (Å²) < 4.78 is 0. The van der Waals surface area contributed by atoms with Crippen molar-refractivity contribution in [2.45, 2.75) is 32.7 Å². The number of urea groups is 1. The zero-order valence-corrected chi connectivity index (χ0v) is 11.3. The predicted molar refractivity (Wildman–Crippen MR) is 68.6 cm³/mol. The molecule has 0 aromatic rings. The SMILES string of the molecule is CC(C)CN(CC(=O)O)C(=O)NC1CCCNC1=O. The monoisotopic (exact) mass is 271 g/mol. The Morgan fingerprint density at radius 3 is 2.74 bits per heavy atom. The Kier molecular flexibility index (Phi) is 5.59. The molecule has 0 saturated carbocycles. The van der Waals surface area contributed by atoms with Crippen LogP contribution in [-0.2, 0) is 9.59 Å². The third kappa shape index (κ3) is 5.15.